The number of carbonyl (C=O) groups is 4. The topological polar surface area (TPSA) is 105 Å². The van der Waals surface area contributed by atoms with Gasteiger partial charge in [-0.15, -0.1) is 0 Å². The van der Waals surface area contributed by atoms with Gasteiger partial charge in [0.25, 0.3) is 11.8 Å². The smallest absolute Gasteiger partial charge is 0.326 e. The Morgan fingerprint density at radius 1 is 1.27 bits per heavy atom. The van der Waals surface area contributed by atoms with Gasteiger partial charge in [0.05, 0.1) is 0 Å². The van der Waals surface area contributed by atoms with E-state index in [-0.39, 0.29) is 5.92 Å². The van der Waals surface area contributed by atoms with Crippen LogP contribution in [0.25, 0.3) is 0 Å². The normalized spacial score (nSPS) is 22.1. The second kappa shape index (κ2) is 7.15. The Morgan fingerprint density at radius 2 is 1.96 bits per heavy atom. The third kappa shape index (κ3) is 3.84. The van der Waals surface area contributed by atoms with Crippen molar-refractivity contribution in [1.82, 2.24) is 15.5 Å². The number of urea groups is 1. The fourth-order valence-corrected chi connectivity index (χ4v) is 2.96. The van der Waals surface area contributed by atoms with Crippen molar-refractivity contribution in [2.24, 2.45) is 5.92 Å². The minimum Gasteiger partial charge on any atom is -0.454 e. The van der Waals surface area contributed by atoms with E-state index < -0.39 is 42.5 Å². The van der Waals surface area contributed by atoms with Crippen molar-refractivity contribution < 1.29 is 23.9 Å². The van der Waals surface area contributed by atoms with Gasteiger partial charge in [0.15, 0.2) is 6.61 Å². The lowest BCUT2D eigenvalue weighted by molar-refractivity contribution is -0.151. The predicted molar refractivity (Wildman–Crippen MR) is 90.6 cm³/mol. The number of esters is 1. The Kier molecular flexibility index (Phi) is 4.92. The Hall–Kier alpha value is -2.90. The first kappa shape index (κ1) is 17.9. The second-order valence-corrected chi connectivity index (χ2v) is 6.72. The van der Waals surface area contributed by atoms with Crippen LogP contribution in [0.2, 0.25) is 0 Å². The highest BCUT2D eigenvalue weighted by molar-refractivity contribution is 6.08. The van der Waals surface area contributed by atoms with Gasteiger partial charge in [0.2, 0.25) is 0 Å². The van der Waals surface area contributed by atoms with Gasteiger partial charge >= 0.3 is 12.0 Å². The summed E-state index contributed by atoms with van der Waals surface area (Å²) in [6.45, 7) is 1.03. The molecule has 2 aliphatic rings. The van der Waals surface area contributed by atoms with Gasteiger partial charge in [-0.3, -0.25) is 19.3 Å². The first-order valence-electron chi connectivity index (χ1n) is 8.50. The van der Waals surface area contributed by atoms with Crippen LogP contribution in [0.1, 0.15) is 25.3 Å². The van der Waals surface area contributed by atoms with Gasteiger partial charge in [-0.25, -0.2) is 4.79 Å². The average molecular weight is 359 g/mol. The van der Waals surface area contributed by atoms with Crippen LogP contribution in [-0.2, 0) is 25.7 Å². The van der Waals surface area contributed by atoms with E-state index in [1.165, 1.54) is 0 Å². The lowest BCUT2D eigenvalue weighted by atomic mass is 9.96. The highest BCUT2D eigenvalue weighted by Crippen LogP contribution is 2.42. The monoisotopic (exact) mass is 359 g/mol. The number of nitrogens with zero attached hydrogens (tertiary/aromatic N) is 1. The van der Waals surface area contributed by atoms with Gasteiger partial charge in [0.1, 0.15) is 12.1 Å². The predicted octanol–water partition coefficient (Wildman–Crippen LogP) is 0.567. The van der Waals surface area contributed by atoms with E-state index in [1.54, 1.807) is 6.92 Å². The molecule has 138 valence electrons. The van der Waals surface area contributed by atoms with Crippen LogP contribution in [0.3, 0.4) is 0 Å². The number of ether oxygens (including phenoxy) is 1. The largest absolute Gasteiger partial charge is 0.454 e. The fraction of sp³-hybridized carbons (Fsp3) is 0.444. The number of hydrogen-bond donors (Lipinski definition) is 2. The molecule has 0 spiro atoms. The molecule has 8 nitrogen and oxygen atoms in total. The Labute approximate surface area is 150 Å². The molecule has 2 N–H and O–H groups in total. The van der Waals surface area contributed by atoms with Crippen LogP contribution < -0.4 is 10.6 Å². The molecule has 26 heavy (non-hydrogen) atoms. The standard InChI is InChI=1S/C18H21N3O5/c1-18(13-7-8-13)16(24)21(17(25)20-18)10-15(23)26-11-14(22)19-9-12-5-3-2-4-6-12/h2-6,13H,7-11H2,1H3,(H,19,22)(H,20,25)/t18-/m1/s1. The molecule has 0 unspecified atom stereocenters. The van der Waals surface area contributed by atoms with Crippen molar-refractivity contribution in [1.29, 1.82) is 0 Å². The van der Waals surface area contributed by atoms with Gasteiger partial charge in [0, 0.05) is 6.54 Å². The third-order valence-corrected chi connectivity index (χ3v) is 4.68. The number of hydrogen-bond acceptors (Lipinski definition) is 5. The first-order chi connectivity index (χ1) is 12.4. The number of rotatable bonds is 7. The molecular formula is C18H21N3O5. The minimum atomic E-state index is -0.940. The molecule has 2 fully saturated rings. The highest BCUT2D eigenvalue weighted by atomic mass is 16.5. The lowest BCUT2D eigenvalue weighted by Gasteiger charge is -2.20. The molecular weight excluding hydrogens is 338 g/mol. The van der Waals surface area contributed by atoms with E-state index in [2.05, 4.69) is 10.6 Å². The summed E-state index contributed by atoms with van der Waals surface area (Å²) in [5.41, 5.74) is -0.0180. The Bertz CT molecular complexity index is 732. The van der Waals surface area contributed by atoms with E-state index in [4.69, 9.17) is 4.74 Å². The van der Waals surface area contributed by atoms with Crippen LogP contribution in [0, 0.1) is 5.92 Å². The zero-order valence-corrected chi connectivity index (χ0v) is 14.5. The summed E-state index contributed by atoms with van der Waals surface area (Å²) in [6.07, 6.45) is 1.75. The molecule has 1 aliphatic carbocycles. The fourth-order valence-electron chi connectivity index (χ4n) is 2.96. The molecule has 3 rings (SSSR count). The molecule has 1 heterocycles. The van der Waals surface area contributed by atoms with E-state index >= 15 is 0 Å². The third-order valence-electron chi connectivity index (χ3n) is 4.68. The van der Waals surface area contributed by atoms with Gasteiger partial charge < -0.3 is 15.4 Å². The summed E-state index contributed by atoms with van der Waals surface area (Å²) in [5.74, 6) is -1.56. The highest BCUT2D eigenvalue weighted by Gasteiger charge is 2.56. The number of carbonyl (C=O) groups excluding carboxylic acids is 4. The minimum absolute atomic E-state index is 0.115. The van der Waals surface area contributed by atoms with Gasteiger partial charge in [-0.05, 0) is 31.2 Å². The molecule has 0 bridgehead atoms. The van der Waals surface area contributed by atoms with Crippen LogP contribution >= 0.6 is 0 Å². The number of nitrogens with one attached hydrogen (secondary N) is 2. The summed E-state index contributed by atoms with van der Waals surface area (Å²) < 4.78 is 4.87. The van der Waals surface area contributed by atoms with Crippen molar-refractivity contribution in [3.63, 3.8) is 0 Å². The van der Waals surface area contributed by atoms with E-state index in [0.717, 1.165) is 23.3 Å². The maximum atomic E-state index is 12.4. The van der Waals surface area contributed by atoms with Crippen LogP contribution in [0.4, 0.5) is 4.79 Å². The molecule has 1 atom stereocenters. The molecule has 1 aromatic carbocycles. The maximum absolute atomic E-state index is 12.4. The van der Waals surface area contributed by atoms with Crippen molar-refractivity contribution >= 4 is 23.8 Å². The number of imide groups is 1. The van der Waals surface area contributed by atoms with E-state index in [1.807, 2.05) is 30.3 Å². The molecule has 1 saturated carbocycles. The maximum Gasteiger partial charge on any atom is 0.326 e. The molecule has 1 aliphatic heterocycles. The molecule has 1 aromatic rings. The van der Waals surface area contributed by atoms with E-state index in [9.17, 15) is 19.2 Å². The zero-order chi connectivity index (χ0) is 18.7. The molecule has 1 saturated heterocycles. The molecule has 0 radical (unpaired) electrons. The van der Waals surface area contributed by atoms with Gasteiger partial charge in [-0.2, -0.15) is 0 Å². The number of amides is 4. The Morgan fingerprint density at radius 3 is 2.62 bits per heavy atom. The van der Waals surface area contributed by atoms with E-state index in [0.29, 0.717) is 6.54 Å². The second-order valence-electron chi connectivity index (χ2n) is 6.72. The van der Waals surface area contributed by atoms with Crippen molar-refractivity contribution in [2.45, 2.75) is 31.8 Å². The van der Waals surface area contributed by atoms with Crippen molar-refractivity contribution in [2.75, 3.05) is 13.2 Å². The number of benzene rings is 1. The zero-order valence-electron chi connectivity index (χ0n) is 14.5. The summed E-state index contributed by atoms with van der Waals surface area (Å²) in [6, 6.07) is 8.71. The molecule has 0 aromatic heterocycles. The van der Waals surface area contributed by atoms with Crippen molar-refractivity contribution in [3.8, 4) is 0 Å². The van der Waals surface area contributed by atoms with Crippen LogP contribution in [-0.4, -0.2) is 47.4 Å². The summed E-state index contributed by atoms with van der Waals surface area (Å²) >= 11 is 0. The average Bonchev–Trinajstić information content (AvgIpc) is 3.45. The van der Waals surface area contributed by atoms with Crippen LogP contribution in [0.5, 0.6) is 0 Å². The summed E-state index contributed by atoms with van der Waals surface area (Å²) in [7, 11) is 0. The first-order valence-corrected chi connectivity index (χ1v) is 8.50. The molecule has 8 heteroatoms. The lowest BCUT2D eigenvalue weighted by Crippen LogP contribution is -2.46. The van der Waals surface area contributed by atoms with Crippen molar-refractivity contribution in [3.05, 3.63) is 35.9 Å². The summed E-state index contributed by atoms with van der Waals surface area (Å²) in [5, 5.41) is 5.28. The SMILES string of the molecule is C[C@]1(C2CC2)NC(=O)N(CC(=O)OCC(=O)NCc2ccccc2)C1=O. The van der Waals surface area contributed by atoms with Gasteiger partial charge in [-0.1, -0.05) is 30.3 Å². The van der Waals surface area contributed by atoms with Crippen LogP contribution in [0.15, 0.2) is 30.3 Å². The molecule has 4 amide bonds. The quantitative estimate of drug-likeness (QED) is 0.547. The Balaban J connectivity index is 1.43. The summed E-state index contributed by atoms with van der Waals surface area (Å²) in [4.78, 5) is 48.9.